The molecule has 1 nitrogen and oxygen atoms in total. The summed E-state index contributed by atoms with van der Waals surface area (Å²) in [6.45, 7) is 4.62. The third-order valence-electron chi connectivity index (χ3n) is 3.32. The topological polar surface area (TPSA) is 12.9 Å². The summed E-state index contributed by atoms with van der Waals surface area (Å²) in [5.41, 5.74) is 2.58. The van der Waals surface area contributed by atoms with Crippen molar-refractivity contribution in [1.29, 1.82) is 0 Å². The second-order valence-corrected chi connectivity index (χ2v) is 7.90. The van der Waals surface area contributed by atoms with Crippen LogP contribution in [0.15, 0.2) is 29.3 Å². The highest BCUT2D eigenvalue weighted by Gasteiger charge is 2.25. The Kier molecular flexibility index (Phi) is 3.54. The number of rotatable bonds is 2. The maximum Gasteiger partial charge on any atom is 0.0714 e. The predicted octanol–water partition coefficient (Wildman–Crippen LogP) is 4.90. The highest BCUT2D eigenvalue weighted by Crippen LogP contribution is 2.43. The van der Waals surface area contributed by atoms with Crippen molar-refractivity contribution in [2.45, 2.75) is 36.8 Å². The molecule has 1 aromatic carbocycles. The Morgan fingerprint density at radius 3 is 3.06 bits per heavy atom. The van der Waals surface area contributed by atoms with E-state index < -0.39 is 0 Å². The SMILES string of the molecule is CC(C)CC1Cc2cnc3ccc(I)cc3c2S1. The number of nitrogens with zero attached hydrogens (tertiary/aromatic N) is 1. The van der Waals surface area contributed by atoms with Gasteiger partial charge >= 0.3 is 0 Å². The molecule has 0 spiro atoms. The lowest BCUT2D eigenvalue weighted by Gasteiger charge is -2.10. The molecule has 2 aromatic rings. The fraction of sp³-hybridized carbons (Fsp3) is 0.400. The molecule has 1 atom stereocenters. The van der Waals surface area contributed by atoms with Crippen LogP contribution < -0.4 is 0 Å². The lowest BCUT2D eigenvalue weighted by atomic mass is 10.0. The van der Waals surface area contributed by atoms with Crippen molar-refractivity contribution < 1.29 is 0 Å². The molecule has 1 aliphatic heterocycles. The van der Waals surface area contributed by atoms with Crippen molar-refractivity contribution in [2.24, 2.45) is 5.92 Å². The van der Waals surface area contributed by atoms with Gasteiger partial charge in [0.1, 0.15) is 0 Å². The van der Waals surface area contributed by atoms with Gasteiger partial charge in [0.15, 0.2) is 0 Å². The summed E-state index contributed by atoms with van der Waals surface area (Å²) in [6, 6.07) is 6.54. The lowest BCUT2D eigenvalue weighted by Crippen LogP contribution is -2.04. The third-order valence-corrected chi connectivity index (χ3v) is 5.40. The van der Waals surface area contributed by atoms with Gasteiger partial charge in [-0.05, 0) is 65.1 Å². The maximum absolute atomic E-state index is 4.59. The quantitative estimate of drug-likeness (QED) is 0.699. The monoisotopic (exact) mass is 369 g/mol. The van der Waals surface area contributed by atoms with E-state index in [1.165, 1.54) is 32.3 Å². The standard InChI is InChI=1S/C15H16INS/c1-9(2)5-12-6-10-8-17-14-4-3-11(16)7-13(14)15(10)18-12/h3-4,7-9,12H,5-6H2,1-2H3. The largest absolute Gasteiger partial charge is 0.256 e. The summed E-state index contributed by atoms with van der Waals surface area (Å²) in [6.07, 6.45) is 4.56. The van der Waals surface area contributed by atoms with Crippen LogP contribution in [0.4, 0.5) is 0 Å². The van der Waals surface area contributed by atoms with Crippen LogP contribution in [0.1, 0.15) is 25.8 Å². The second kappa shape index (κ2) is 5.00. The van der Waals surface area contributed by atoms with Crippen molar-refractivity contribution in [2.75, 3.05) is 0 Å². The molecule has 1 unspecified atom stereocenters. The molecule has 18 heavy (non-hydrogen) atoms. The molecule has 1 aliphatic rings. The van der Waals surface area contributed by atoms with E-state index in [4.69, 9.17) is 0 Å². The van der Waals surface area contributed by atoms with E-state index in [1.54, 1.807) is 0 Å². The van der Waals surface area contributed by atoms with E-state index in [9.17, 15) is 0 Å². The zero-order valence-corrected chi connectivity index (χ0v) is 13.6. The summed E-state index contributed by atoms with van der Waals surface area (Å²) in [5.74, 6) is 0.774. The Hall–Kier alpha value is -0.290. The minimum Gasteiger partial charge on any atom is -0.256 e. The minimum atomic E-state index is 0.741. The number of hydrogen-bond acceptors (Lipinski definition) is 2. The Morgan fingerprint density at radius 1 is 1.44 bits per heavy atom. The Morgan fingerprint density at radius 2 is 2.28 bits per heavy atom. The molecule has 1 aromatic heterocycles. The van der Waals surface area contributed by atoms with Crippen LogP contribution in [-0.4, -0.2) is 10.2 Å². The summed E-state index contributed by atoms with van der Waals surface area (Å²) >= 11 is 4.44. The normalized spacial score (nSPS) is 18.6. The van der Waals surface area contributed by atoms with Gasteiger partial charge in [0.25, 0.3) is 0 Å². The lowest BCUT2D eigenvalue weighted by molar-refractivity contribution is 0.570. The molecule has 2 heterocycles. The van der Waals surface area contributed by atoms with Crippen LogP contribution in [0.25, 0.3) is 10.9 Å². The van der Waals surface area contributed by atoms with Gasteiger partial charge in [-0.3, -0.25) is 4.98 Å². The van der Waals surface area contributed by atoms with E-state index in [1.807, 2.05) is 0 Å². The first kappa shape index (κ1) is 12.7. The van der Waals surface area contributed by atoms with Gasteiger partial charge in [-0.25, -0.2) is 0 Å². The maximum atomic E-state index is 4.59. The molecule has 0 amide bonds. The fourth-order valence-electron chi connectivity index (χ4n) is 2.58. The van der Waals surface area contributed by atoms with Crippen LogP contribution in [0.2, 0.25) is 0 Å². The summed E-state index contributed by atoms with van der Waals surface area (Å²) < 4.78 is 1.29. The molecule has 0 saturated heterocycles. The third kappa shape index (κ3) is 2.39. The number of benzene rings is 1. The molecule has 0 bridgehead atoms. The van der Waals surface area contributed by atoms with Gasteiger partial charge in [0.2, 0.25) is 0 Å². The Balaban J connectivity index is 2.02. The first-order valence-corrected chi connectivity index (χ1v) is 8.33. The van der Waals surface area contributed by atoms with Gasteiger partial charge < -0.3 is 0 Å². The number of aromatic nitrogens is 1. The average molecular weight is 369 g/mol. The molecule has 3 heteroatoms. The minimum absolute atomic E-state index is 0.741. The van der Waals surface area contributed by atoms with E-state index in [-0.39, 0.29) is 0 Å². The zero-order valence-electron chi connectivity index (χ0n) is 10.6. The smallest absolute Gasteiger partial charge is 0.0714 e. The molecular formula is C15H16INS. The van der Waals surface area contributed by atoms with E-state index in [2.05, 4.69) is 77.6 Å². The Bertz CT molecular complexity index is 594. The molecule has 0 aliphatic carbocycles. The van der Waals surface area contributed by atoms with Crippen LogP contribution >= 0.6 is 34.4 Å². The van der Waals surface area contributed by atoms with Gasteiger partial charge in [-0.1, -0.05) is 13.8 Å². The van der Waals surface area contributed by atoms with Crippen molar-refractivity contribution >= 4 is 45.3 Å². The van der Waals surface area contributed by atoms with Crippen molar-refractivity contribution in [1.82, 2.24) is 4.98 Å². The van der Waals surface area contributed by atoms with Crippen LogP contribution in [0.3, 0.4) is 0 Å². The number of pyridine rings is 1. The van der Waals surface area contributed by atoms with Gasteiger partial charge in [0, 0.05) is 25.3 Å². The van der Waals surface area contributed by atoms with Crippen LogP contribution in [0, 0.1) is 9.49 Å². The number of halogens is 1. The van der Waals surface area contributed by atoms with Crippen molar-refractivity contribution in [3.63, 3.8) is 0 Å². The predicted molar refractivity (Wildman–Crippen MR) is 87.3 cm³/mol. The first-order chi connectivity index (χ1) is 8.63. The molecule has 0 fully saturated rings. The van der Waals surface area contributed by atoms with E-state index >= 15 is 0 Å². The number of hydrogen-bond donors (Lipinski definition) is 0. The molecule has 3 rings (SSSR count). The molecule has 0 saturated carbocycles. The van der Waals surface area contributed by atoms with E-state index in [0.717, 1.165) is 16.7 Å². The highest BCUT2D eigenvalue weighted by atomic mass is 127. The van der Waals surface area contributed by atoms with E-state index in [0.29, 0.717) is 0 Å². The summed E-state index contributed by atoms with van der Waals surface area (Å²) in [7, 11) is 0. The molecule has 94 valence electrons. The number of fused-ring (bicyclic) bond motifs is 3. The molecule has 0 radical (unpaired) electrons. The summed E-state index contributed by atoms with van der Waals surface area (Å²) in [5, 5.41) is 2.08. The van der Waals surface area contributed by atoms with Gasteiger partial charge in [-0.15, -0.1) is 11.8 Å². The van der Waals surface area contributed by atoms with Crippen LogP contribution in [-0.2, 0) is 6.42 Å². The fourth-order valence-corrected chi connectivity index (χ4v) is 4.72. The molecular weight excluding hydrogens is 353 g/mol. The summed E-state index contributed by atoms with van der Waals surface area (Å²) in [4.78, 5) is 6.07. The number of thioether (sulfide) groups is 1. The van der Waals surface area contributed by atoms with Crippen molar-refractivity contribution in [3.8, 4) is 0 Å². The molecule has 0 N–H and O–H groups in total. The second-order valence-electron chi connectivity index (χ2n) is 5.35. The average Bonchev–Trinajstić information content (AvgIpc) is 2.70. The van der Waals surface area contributed by atoms with Crippen LogP contribution in [0.5, 0.6) is 0 Å². The zero-order chi connectivity index (χ0) is 12.7. The highest BCUT2D eigenvalue weighted by molar-refractivity contribution is 14.1. The van der Waals surface area contributed by atoms with Gasteiger partial charge in [-0.2, -0.15) is 0 Å². The Labute approximate surface area is 126 Å². The van der Waals surface area contributed by atoms with Gasteiger partial charge in [0.05, 0.1) is 5.52 Å². The van der Waals surface area contributed by atoms with Crippen molar-refractivity contribution in [3.05, 3.63) is 33.5 Å². The first-order valence-electron chi connectivity index (χ1n) is 6.37.